The minimum absolute atomic E-state index is 0.0209. The molecule has 0 rings (SSSR count). The molecule has 0 saturated heterocycles. The van der Waals surface area contributed by atoms with Gasteiger partial charge in [0.2, 0.25) is 5.91 Å². The van der Waals surface area contributed by atoms with Crippen molar-refractivity contribution in [2.45, 2.75) is 32.2 Å². The third kappa shape index (κ3) is 5.53. The molecule has 0 heterocycles. The van der Waals surface area contributed by atoms with Crippen LogP contribution in [0, 0.1) is 0 Å². The van der Waals surface area contributed by atoms with Gasteiger partial charge in [-0.3, -0.25) is 9.59 Å². The number of rotatable bonds is 6. The van der Waals surface area contributed by atoms with Crippen LogP contribution in [0.2, 0.25) is 0 Å². The van der Waals surface area contributed by atoms with Gasteiger partial charge in [0, 0.05) is 20.5 Å². The second-order valence-electron chi connectivity index (χ2n) is 3.38. The Kier molecular flexibility index (Phi) is 5.87. The number of carbonyl (C=O) groups excluding carboxylic acids is 1. The summed E-state index contributed by atoms with van der Waals surface area (Å²) in [5.41, 5.74) is 5.31. The van der Waals surface area contributed by atoms with Gasteiger partial charge < -0.3 is 15.7 Å². The normalized spacial score (nSPS) is 12.2. The van der Waals surface area contributed by atoms with Crippen molar-refractivity contribution in [1.29, 1.82) is 0 Å². The summed E-state index contributed by atoms with van der Waals surface area (Å²) in [6.07, 6.45) is 1.98. The van der Waals surface area contributed by atoms with E-state index in [1.54, 1.807) is 11.9 Å². The summed E-state index contributed by atoms with van der Waals surface area (Å²) in [4.78, 5) is 22.7. The molecule has 0 aromatic rings. The summed E-state index contributed by atoms with van der Waals surface area (Å²) in [5, 5.41) is 8.49. The third-order valence-corrected chi connectivity index (χ3v) is 2.11. The molecule has 0 bridgehead atoms. The summed E-state index contributed by atoms with van der Waals surface area (Å²) in [5.74, 6) is -0.947. The zero-order valence-corrected chi connectivity index (χ0v) is 8.69. The Morgan fingerprint density at radius 2 is 2.00 bits per heavy atom. The highest BCUT2D eigenvalue weighted by Crippen LogP contribution is 2.00. The Morgan fingerprint density at radius 3 is 2.43 bits per heavy atom. The van der Waals surface area contributed by atoms with E-state index in [-0.39, 0.29) is 5.91 Å². The van der Waals surface area contributed by atoms with E-state index in [0.29, 0.717) is 13.0 Å². The SMILES string of the molecule is CC(=O)N(C)CCCC[C@H](N)C(=O)O. The second kappa shape index (κ2) is 6.37. The summed E-state index contributed by atoms with van der Waals surface area (Å²) in [6, 6.07) is -0.780. The Hall–Kier alpha value is -1.10. The molecule has 14 heavy (non-hydrogen) atoms. The van der Waals surface area contributed by atoms with Crippen molar-refractivity contribution in [3.63, 3.8) is 0 Å². The van der Waals surface area contributed by atoms with Crippen LogP contribution in [0.15, 0.2) is 0 Å². The van der Waals surface area contributed by atoms with Crippen molar-refractivity contribution < 1.29 is 14.7 Å². The van der Waals surface area contributed by atoms with Crippen LogP contribution in [0.3, 0.4) is 0 Å². The quantitative estimate of drug-likeness (QED) is 0.596. The van der Waals surface area contributed by atoms with Crippen molar-refractivity contribution in [3.8, 4) is 0 Å². The molecule has 1 atom stereocenters. The average molecular weight is 202 g/mol. The first kappa shape index (κ1) is 12.9. The smallest absolute Gasteiger partial charge is 0.320 e. The third-order valence-electron chi connectivity index (χ3n) is 2.11. The molecule has 0 fully saturated rings. The predicted molar refractivity (Wildman–Crippen MR) is 52.8 cm³/mol. The highest BCUT2D eigenvalue weighted by Gasteiger charge is 2.10. The van der Waals surface area contributed by atoms with Crippen molar-refractivity contribution in [2.24, 2.45) is 5.73 Å². The van der Waals surface area contributed by atoms with Gasteiger partial charge in [0.15, 0.2) is 0 Å². The van der Waals surface area contributed by atoms with Gasteiger partial charge in [-0.15, -0.1) is 0 Å². The fourth-order valence-electron chi connectivity index (χ4n) is 0.994. The van der Waals surface area contributed by atoms with Crippen LogP contribution in [-0.2, 0) is 9.59 Å². The van der Waals surface area contributed by atoms with E-state index in [9.17, 15) is 9.59 Å². The fraction of sp³-hybridized carbons (Fsp3) is 0.778. The van der Waals surface area contributed by atoms with Crippen LogP contribution in [0.5, 0.6) is 0 Å². The lowest BCUT2D eigenvalue weighted by Crippen LogP contribution is -2.30. The molecule has 1 amide bonds. The molecule has 0 aromatic carbocycles. The molecular formula is C9H18N2O3. The topological polar surface area (TPSA) is 83.6 Å². The number of unbranched alkanes of at least 4 members (excludes halogenated alkanes) is 1. The van der Waals surface area contributed by atoms with Crippen molar-refractivity contribution in [1.82, 2.24) is 4.90 Å². The summed E-state index contributed by atoms with van der Waals surface area (Å²) < 4.78 is 0. The van der Waals surface area contributed by atoms with Gasteiger partial charge >= 0.3 is 5.97 Å². The molecule has 0 spiro atoms. The van der Waals surface area contributed by atoms with Crippen LogP contribution in [0.4, 0.5) is 0 Å². The number of aliphatic carboxylic acids is 1. The number of carbonyl (C=O) groups is 2. The van der Waals surface area contributed by atoms with E-state index >= 15 is 0 Å². The van der Waals surface area contributed by atoms with E-state index in [2.05, 4.69) is 0 Å². The van der Waals surface area contributed by atoms with E-state index in [0.717, 1.165) is 12.8 Å². The molecule has 0 aliphatic heterocycles. The van der Waals surface area contributed by atoms with Gasteiger partial charge in [0.05, 0.1) is 0 Å². The fourth-order valence-corrected chi connectivity index (χ4v) is 0.994. The number of nitrogens with two attached hydrogens (primary N) is 1. The summed E-state index contributed by atoms with van der Waals surface area (Å²) in [6.45, 7) is 2.16. The van der Waals surface area contributed by atoms with Crippen LogP contribution in [0.25, 0.3) is 0 Å². The highest BCUT2D eigenvalue weighted by molar-refractivity contribution is 5.73. The lowest BCUT2D eigenvalue weighted by atomic mass is 10.1. The molecule has 5 nitrogen and oxygen atoms in total. The Morgan fingerprint density at radius 1 is 1.43 bits per heavy atom. The van der Waals surface area contributed by atoms with Crippen molar-refractivity contribution >= 4 is 11.9 Å². The molecule has 0 aromatic heterocycles. The minimum atomic E-state index is -0.968. The largest absolute Gasteiger partial charge is 0.480 e. The number of carboxylic acid groups (broad SMARTS) is 1. The van der Waals surface area contributed by atoms with Crippen LogP contribution in [0.1, 0.15) is 26.2 Å². The lowest BCUT2D eigenvalue weighted by molar-refractivity contribution is -0.138. The first-order valence-electron chi connectivity index (χ1n) is 4.65. The van der Waals surface area contributed by atoms with Gasteiger partial charge in [-0.25, -0.2) is 0 Å². The highest BCUT2D eigenvalue weighted by atomic mass is 16.4. The zero-order chi connectivity index (χ0) is 11.1. The molecule has 0 unspecified atom stereocenters. The second-order valence-corrected chi connectivity index (χ2v) is 3.38. The zero-order valence-electron chi connectivity index (χ0n) is 8.69. The van der Waals surface area contributed by atoms with E-state index < -0.39 is 12.0 Å². The van der Waals surface area contributed by atoms with E-state index in [1.165, 1.54) is 6.92 Å². The van der Waals surface area contributed by atoms with Gasteiger partial charge in [-0.05, 0) is 19.3 Å². The maximum Gasteiger partial charge on any atom is 0.320 e. The molecule has 0 aliphatic rings. The number of nitrogens with zero attached hydrogens (tertiary/aromatic N) is 1. The number of carboxylic acids is 1. The number of amides is 1. The molecule has 0 aliphatic carbocycles. The average Bonchev–Trinajstić information content (AvgIpc) is 2.11. The maximum absolute atomic E-state index is 10.8. The maximum atomic E-state index is 10.8. The van der Waals surface area contributed by atoms with Gasteiger partial charge in [0.25, 0.3) is 0 Å². The van der Waals surface area contributed by atoms with Crippen LogP contribution >= 0.6 is 0 Å². The first-order valence-corrected chi connectivity index (χ1v) is 4.65. The molecule has 3 N–H and O–H groups in total. The standard InChI is InChI=1S/C9H18N2O3/c1-7(12)11(2)6-4-3-5-8(10)9(13)14/h8H,3-6,10H2,1-2H3,(H,13,14)/t8-/m0/s1. The Bertz CT molecular complexity index is 184. The molecule has 5 heteroatoms. The molecule has 82 valence electrons. The predicted octanol–water partition coefficient (Wildman–Crippen LogP) is 0.0469. The Labute approximate surface area is 83.9 Å². The summed E-state index contributed by atoms with van der Waals surface area (Å²) >= 11 is 0. The van der Waals surface area contributed by atoms with Crippen LogP contribution in [-0.4, -0.2) is 41.5 Å². The monoisotopic (exact) mass is 202 g/mol. The number of hydrogen-bond acceptors (Lipinski definition) is 3. The summed E-state index contributed by atoms with van der Waals surface area (Å²) in [7, 11) is 1.72. The minimum Gasteiger partial charge on any atom is -0.480 e. The first-order chi connectivity index (χ1) is 6.45. The lowest BCUT2D eigenvalue weighted by Gasteiger charge is -2.14. The van der Waals surface area contributed by atoms with E-state index in [1.807, 2.05) is 0 Å². The van der Waals surface area contributed by atoms with E-state index in [4.69, 9.17) is 10.8 Å². The van der Waals surface area contributed by atoms with Gasteiger partial charge in [0.1, 0.15) is 6.04 Å². The van der Waals surface area contributed by atoms with Gasteiger partial charge in [-0.1, -0.05) is 0 Å². The Balaban J connectivity index is 3.47. The molecular weight excluding hydrogens is 184 g/mol. The van der Waals surface area contributed by atoms with Crippen molar-refractivity contribution in [2.75, 3.05) is 13.6 Å². The number of hydrogen-bond donors (Lipinski definition) is 2. The molecule has 0 saturated carbocycles. The van der Waals surface area contributed by atoms with Crippen LogP contribution < -0.4 is 5.73 Å². The van der Waals surface area contributed by atoms with Gasteiger partial charge in [-0.2, -0.15) is 0 Å². The van der Waals surface area contributed by atoms with Crippen molar-refractivity contribution in [3.05, 3.63) is 0 Å². The molecule has 0 radical (unpaired) electrons.